The van der Waals surface area contributed by atoms with Gasteiger partial charge in [0.1, 0.15) is 15.9 Å². The molecule has 0 atom stereocenters. The Kier molecular flexibility index (Phi) is 4.28. The highest BCUT2D eigenvalue weighted by Crippen LogP contribution is 2.34. The third-order valence-corrected chi connectivity index (χ3v) is 4.02. The van der Waals surface area contributed by atoms with E-state index in [9.17, 15) is 4.79 Å². The van der Waals surface area contributed by atoms with Crippen LogP contribution in [0.1, 0.15) is 10.4 Å². The predicted octanol–water partition coefficient (Wildman–Crippen LogP) is 4.01. The minimum Gasteiger partial charge on any atom is -0.496 e. The van der Waals surface area contributed by atoms with E-state index >= 15 is 0 Å². The van der Waals surface area contributed by atoms with Crippen LogP contribution in [0.4, 0.5) is 10.8 Å². The standard InChI is InChI=1S/C11H8BrClN2O3S/c1-18-8-3-7(6(13)2-5(8)10(16)17)14-11-15-9(12)4-19-11/h2-4H,1H3,(H,14,15)(H,16,17). The Morgan fingerprint density at radius 1 is 1.58 bits per heavy atom. The number of anilines is 2. The van der Waals surface area contributed by atoms with E-state index in [1.54, 1.807) is 0 Å². The molecular weight excluding hydrogens is 356 g/mol. The number of halogens is 2. The number of aromatic nitrogens is 1. The van der Waals surface area contributed by atoms with Crippen molar-refractivity contribution in [3.05, 3.63) is 32.7 Å². The maximum absolute atomic E-state index is 11.0. The van der Waals surface area contributed by atoms with E-state index in [1.807, 2.05) is 5.38 Å². The molecule has 2 rings (SSSR count). The first kappa shape index (κ1) is 14.1. The number of carbonyl (C=O) groups is 1. The first-order valence-electron chi connectivity index (χ1n) is 5.00. The summed E-state index contributed by atoms with van der Waals surface area (Å²) in [4.78, 5) is 15.2. The summed E-state index contributed by atoms with van der Waals surface area (Å²) in [5, 5.41) is 14.8. The minimum absolute atomic E-state index is 0.0124. The van der Waals surface area contributed by atoms with E-state index in [0.717, 1.165) is 0 Å². The monoisotopic (exact) mass is 362 g/mol. The van der Waals surface area contributed by atoms with Crippen LogP contribution in [0.25, 0.3) is 0 Å². The Morgan fingerprint density at radius 3 is 2.84 bits per heavy atom. The largest absolute Gasteiger partial charge is 0.496 e. The van der Waals surface area contributed by atoms with Crippen molar-refractivity contribution in [3.8, 4) is 5.75 Å². The van der Waals surface area contributed by atoms with Crippen LogP contribution < -0.4 is 10.1 Å². The smallest absolute Gasteiger partial charge is 0.339 e. The van der Waals surface area contributed by atoms with Crippen LogP contribution in [0.2, 0.25) is 5.02 Å². The second-order valence-electron chi connectivity index (χ2n) is 3.44. The van der Waals surface area contributed by atoms with Gasteiger partial charge in [0.25, 0.3) is 0 Å². The molecule has 0 saturated carbocycles. The summed E-state index contributed by atoms with van der Waals surface area (Å²) in [6.45, 7) is 0. The molecule has 0 radical (unpaired) electrons. The van der Waals surface area contributed by atoms with Crippen LogP contribution in [0.3, 0.4) is 0 Å². The second-order valence-corrected chi connectivity index (χ2v) is 5.52. The molecule has 5 nitrogen and oxygen atoms in total. The molecule has 0 fully saturated rings. The Bertz CT molecular complexity index is 632. The van der Waals surface area contributed by atoms with Gasteiger partial charge in [-0.2, -0.15) is 0 Å². The molecule has 2 aromatic rings. The summed E-state index contributed by atoms with van der Waals surface area (Å²) in [6, 6.07) is 2.87. The number of hydrogen-bond acceptors (Lipinski definition) is 5. The minimum atomic E-state index is -1.10. The normalized spacial score (nSPS) is 10.3. The van der Waals surface area contributed by atoms with E-state index < -0.39 is 5.97 Å². The number of rotatable bonds is 4. The number of methoxy groups -OCH3 is 1. The van der Waals surface area contributed by atoms with Crippen LogP contribution in [-0.4, -0.2) is 23.2 Å². The lowest BCUT2D eigenvalue weighted by atomic mass is 10.2. The molecule has 0 amide bonds. The fraction of sp³-hybridized carbons (Fsp3) is 0.0909. The zero-order valence-corrected chi connectivity index (χ0v) is 12.8. The fourth-order valence-corrected chi connectivity index (χ4v) is 2.78. The molecule has 0 bridgehead atoms. The van der Waals surface area contributed by atoms with Gasteiger partial charge in [-0.3, -0.25) is 0 Å². The molecule has 0 aliphatic carbocycles. The number of hydrogen-bond donors (Lipinski definition) is 2. The van der Waals surface area contributed by atoms with E-state index in [1.165, 1.54) is 30.6 Å². The first-order chi connectivity index (χ1) is 9.01. The molecule has 0 unspecified atom stereocenters. The summed E-state index contributed by atoms with van der Waals surface area (Å²) < 4.78 is 5.75. The van der Waals surface area contributed by atoms with Gasteiger partial charge in [-0.15, -0.1) is 11.3 Å². The summed E-state index contributed by atoms with van der Waals surface area (Å²) in [7, 11) is 1.40. The van der Waals surface area contributed by atoms with E-state index in [4.69, 9.17) is 21.4 Å². The number of thiazole rings is 1. The zero-order valence-electron chi connectivity index (χ0n) is 9.61. The Labute approximate surface area is 126 Å². The predicted molar refractivity (Wildman–Crippen MR) is 78.1 cm³/mol. The van der Waals surface area contributed by atoms with E-state index in [-0.39, 0.29) is 16.3 Å². The van der Waals surface area contributed by atoms with Gasteiger partial charge in [0, 0.05) is 11.4 Å². The lowest BCUT2D eigenvalue weighted by Crippen LogP contribution is -2.02. The van der Waals surface area contributed by atoms with Crippen molar-refractivity contribution < 1.29 is 14.6 Å². The SMILES string of the molecule is COc1cc(Nc2nc(Br)cs2)c(Cl)cc1C(=O)O. The molecule has 19 heavy (non-hydrogen) atoms. The molecule has 0 spiro atoms. The van der Waals surface area contributed by atoms with Gasteiger partial charge >= 0.3 is 5.97 Å². The van der Waals surface area contributed by atoms with Crippen molar-refractivity contribution in [2.75, 3.05) is 12.4 Å². The number of nitrogens with zero attached hydrogens (tertiary/aromatic N) is 1. The number of benzene rings is 1. The van der Waals surface area contributed by atoms with Gasteiger partial charge in [0.15, 0.2) is 5.13 Å². The maximum Gasteiger partial charge on any atom is 0.339 e. The molecule has 0 aliphatic heterocycles. The molecule has 1 heterocycles. The average Bonchev–Trinajstić information content (AvgIpc) is 2.76. The summed E-state index contributed by atoms with van der Waals surface area (Å²) in [5.74, 6) is -0.864. The lowest BCUT2D eigenvalue weighted by molar-refractivity contribution is 0.0693. The van der Waals surface area contributed by atoms with Crippen LogP contribution in [0, 0.1) is 0 Å². The first-order valence-corrected chi connectivity index (χ1v) is 7.05. The van der Waals surface area contributed by atoms with Gasteiger partial charge < -0.3 is 15.2 Å². The number of ether oxygens (including phenoxy) is 1. The van der Waals surface area contributed by atoms with Gasteiger partial charge in [0.05, 0.1) is 17.8 Å². The van der Waals surface area contributed by atoms with Crippen molar-refractivity contribution >= 4 is 55.7 Å². The van der Waals surface area contributed by atoms with Crippen LogP contribution in [-0.2, 0) is 0 Å². The maximum atomic E-state index is 11.0. The number of carboxylic acid groups (broad SMARTS) is 1. The number of nitrogens with one attached hydrogen (secondary N) is 1. The molecule has 2 N–H and O–H groups in total. The third-order valence-electron chi connectivity index (χ3n) is 2.24. The highest BCUT2D eigenvalue weighted by atomic mass is 79.9. The van der Waals surface area contributed by atoms with E-state index in [2.05, 4.69) is 26.2 Å². The van der Waals surface area contributed by atoms with Gasteiger partial charge in [-0.25, -0.2) is 9.78 Å². The number of carboxylic acids is 1. The van der Waals surface area contributed by atoms with Crippen LogP contribution in [0.15, 0.2) is 22.1 Å². The van der Waals surface area contributed by atoms with Crippen molar-refractivity contribution in [2.24, 2.45) is 0 Å². The molecule has 0 saturated heterocycles. The number of aromatic carboxylic acids is 1. The summed E-state index contributed by atoms with van der Waals surface area (Å²) in [6.07, 6.45) is 0. The summed E-state index contributed by atoms with van der Waals surface area (Å²) >= 11 is 10.7. The van der Waals surface area contributed by atoms with Crippen LogP contribution >= 0.6 is 38.9 Å². The lowest BCUT2D eigenvalue weighted by Gasteiger charge is -2.10. The summed E-state index contributed by atoms with van der Waals surface area (Å²) in [5.41, 5.74) is 0.545. The van der Waals surface area contributed by atoms with Crippen LogP contribution in [0.5, 0.6) is 5.75 Å². The average molecular weight is 364 g/mol. The van der Waals surface area contributed by atoms with Gasteiger partial charge in [-0.1, -0.05) is 11.6 Å². The Balaban J connectivity index is 2.38. The third kappa shape index (κ3) is 3.17. The molecule has 8 heteroatoms. The highest BCUT2D eigenvalue weighted by molar-refractivity contribution is 9.10. The van der Waals surface area contributed by atoms with Crippen molar-refractivity contribution in [2.45, 2.75) is 0 Å². The topological polar surface area (TPSA) is 71.5 Å². The molecular formula is C11H8BrClN2O3S. The van der Waals surface area contributed by atoms with Gasteiger partial charge in [-0.05, 0) is 22.0 Å². The molecule has 1 aromatic carbocycles. The zero-order chi connectivity index (χ0) is 14.0. The van der Waals surface area contributed by atoms with Gasteiger partial charge in [0.2, 0.25) is 0 Å². The Hall–Kier alpha value is -1.31. The molecule has 0 aliphatic rings. The molecule has 100 valence electrons. The fourth-order valence-electron chi connectivity index (χ4n) is 1.41. The van der Waals surface area contributed by atoms with E-state index in [0.29, 0.717) is 15.4 Å². The van der Waals surface area contributed by atoms with Crippen molar-refractivity contribution in [3.63, 3.8) is 0 Å². The quantitative estimate of drug-likeness (QED) is 0.859. The highest BCUT2D eigenvalue weighted by Gasteiger charge is 2.15. The second kappa shape index (κ2) is 5.77. The van der Waals surface area contributed by atoms with Crippen molar-refractivity contribution in [1.82, 2.24) is 4.98 Å². The van der Waals surface area contributed by atoms with Crippen molar-refractivity contribution in [1.29, 1.82) is 0 Å². The molecule has 1 aromatic heterocycles. The Morgan fingerprint density at radius 2 is 2.32 bits per heavy atom.